The summed E-state index contributed by atoms with van der Waals surface area (Å²) in [6, 6.07) is 5.96. The third-order valence-corrected chi connectivity index (χ3v) is 4.65. The normalized spacial score (nSPS) is 14.5. The van der Waals surface area contributed by atoms with E-state index in [-0.39, 0.29) is 11.8 Å². The quantitative estimate of drug-likeness (QED) is 0.744. The van der Waals surface area contributed by atoms with Crippen LogP contribution in [0.5, 0.6) is 0 Å². The molecule has 0 saturated heterocycles. The minimum atomic E-state index is -3.43. The molecule has 1 amide bonds. The van der Waals surface area contributed by atoms with Gasteiger partial charge in [0.25, 0.3) is 0 Å². The zero-order valence-corrected chi connectivity index (χ0v) is 15.9. The van der Waals surface area contributed by atoms with Crippen LogP contribution in [0.25, 0.3) is 0 Å². The summed E-state index contributed by atoms with van der Waals surface area (Å²) in [7, 11) is -3.43. The number of carbonyl (C=O) groups is 1. The highest BCUT2D eigenvalue weighted by molar-refractivity contribution is 7.89. The number of hydrogen-bond acceptors (Lipinski definition) is 5. The molecule has 1 aromatic carbocycles. The van der Waals surface area contributed by atoms with Gasteiger partial charge in [0.1, 0.15) is 5.60 Å². The molecule has 1 aromatic rings. The lowest BCUT2D eigenvalue weighted by molar-refractivity contribution is 0.0583. The van der Waals surface area contributed by atoms with Crippen LogP contribution < -0.4 is 15.4 Å². The second kappa shape index (κ2) is 7.72. The van der Waals surface area contributed by atoms with Gasteiger partial charge >= 0.3 is 6.09 Å². The van der Waals surface area contributed by atoms with Gasteiger partial charge in [-0.3, -0.25) is 4.90 Å². The monoisotopic (exact) mass is 369 g/mol. The topological polar surface area (TPSA) is 102 Å². The fraction of sp³-hybridized carbons (Fsp3) is 0.588. The van der Waals surface area contributed by atoms with Crippen molar-refractivity contribution >= 4 is 21.8 Å². The zero-order valence-electron chi connectivity index (χ0n) is 15.0. The first-order chi connectivity index (χ1) is 11.6. The summed E-state index contributed by atoms with van der Waals surface area (Å²) in [5.74, 6) is -0.0447. The second-order valence-electron chi connectivity index (χ2n) is 7.20. The molecular formula is C17H27N3O4S. The number of rotatable bonds is 6. The van der Waals surface area contributed by atoms with Gasteiger partial charge < -0.3 is 10.1 Å². The van der Waals surface area contributed by atoms with Gasteiger partial charge in [-0.25, -0.2) is 18.4 Å². The summed E-state index contributed by atoms with van der Waals surface area (Å²) < 4.78 is 27.4. The molecule has 3 N–H and O–H groups in total. The second-order valence-corrected chi connectivity index (χ2v) is 8.94. The molecule has 8 heteroatoms. The van der Waals surface area contributed by atoms with Crippen molar-refractivity contribution < 1.29 is 17.9 Å². The maximum Gasteiger partial charge on any atom is 0.414 e. The van der Waals surface area contributed by atoms with Crippen molar-refractivity contribution in [3.05, 3.63) is 29.3 Å². The van der Waals surface area contributed by atoms with Crippen LogP contribution in [0.3, 0.4) is 0 Å². The average Bonchev–Trinajstić information content (AvgIpc) is 2.88. The molecule has 25 heavy (non-hydrogen) atoms. The number of anilines is 1. The van der Waals surface area contributed by atoms with Crippen molar-refractivity contribution in [3.8, 4) is 0 Å². The Kier molecular flexibility index (Phi) is 6.08. The van der Waals surface area contributed by atoms with Crippen LogP contribution in [0.2, 0.25) is 0 Å². The predicted molar refractivity (Wildman–Crippen MR) is 98.0 cm³/mol. The minimum absolute atomic E-state index is 0.0447. The third-order valence-electron chi connectivity index (χ3n) is 3.79. The van der Waals surface area contributed by atoms with Gasteiger partial charge in [-0.2, -0.15) is 0 Å². The van der Waals surface area contributed by atoms with E-state index in [9.17, 15) is 13.2 Å². The highest BCUT2D eigenvalue weighted by Crippen LogP contribution is 2.33. The van der Waals surface area contributed by atoms with E-state index in [1.807, 2.05) is 39.0 Å². The molecule has 0 unspecified atom stereocenters. The Morgan fingerprint density at radius 1 is 1.36 bits per heavy atom. The maximum absolute atomic E-state index is 12.5. The molecule has 1 aliphatic rings. The van der Waals surface area contributed by atoms with Gasteiger partial charge in [-0.15, -0.1) is 0 Å². The van der Waals surface area contributed by atoms with Crippen LogP contribution in [-0.2, 0) is 27.7 Å². The molecule has 7 nitrogen and oxygen atoms in total. The van der Waals surface area contributed by atoms with Crippen molar-refractivity contribution in [1.82, 2.24) is 5.32 Å². The molecule has 0 saturated carbocycles. The van der Waals surface area contributed by atoms with E-state index in [1.165, 1.54) is 0 Å². The Balaban J connectivity index is 2.02. The van der Waals surface area contributed by atoms with E-state index in [0.717, 1.165) is 23.2 Å². The van der Waals surface area contributed by atoms with Gasteiger partial charge in [0, 0.05) is 13.1 Å². The van der Waals surface area contributed by atoms with E-state index >= 15 is 0 Å². The Labute approximate surface area is 149 Å². The number of para-hydroxylation sites is 1. The van der Waals surface area contributed by atoms with Crippen molar-refractivity contribution in [2.75, 3.05) is 23.7 Å². The molecule has 0 aliphatic carbocycles. The summed E-state index contributed by atoms with van der Waals surface area (Å²) in [6.07, 6.45) is 0.908. The molecule has 0 radical (unpaired) electrons. The molecule has 2 rings (SSSR count). The van der Waals surface area contributed by atoms with Crippen LogP contribution in [0.15, 0.2) is 18.2 Å². The van der Waals surface area contributed by atoms with Crippen LogP contribution in [0.4, 0.5) is 10.5 Å². The summed E-state index contributed by atoms with van der Waals surface area (Å²) >= 11 is 0. The fourth-order valence-electron chi connectivity index (χ4n) is 2.80. The van der Waals surface area contributed by atoms with E-state index in [4.69, 9.17) is 9.88 Å². The number of sulfonamides is 1. The van der Waals surface area contributed by atoms with E-state index in [2.05, 4.69) is 5.32 Å². The Morgan fingerprint density at radius 3 is 2.72 bits per heavy atom. The fourth-order valence-corrected chi connectivity index (χ4v) is 3.35. The molecule has 0 atom stereocenters. The molecule has 140 valence electrons. The van der Waals surface area contributed by atoms with Gasteiger partial charge in [0.2, 0.25) is 10.0 Å². The Hall–Kier alpha value is -1.64. The molecular weight excluding hydrogens is 342 g/mol. The SMILES string of the molecule is CC(C)(C)OC(=O)N1CCc2cccc(CNCCCS(N)(=O)=O)c21. The maximum atomic E-state index is 12.5. The first-order valence-corrected chi connectivity index (χ1v) is 10.1. The number of benzene rings is 1. The van der Waals surface area contributed by atoms with Crippen molar-refractivity contribution in [3.63, 3.8) is 0 Å². The first-order valence-electron chi connectivity index (χ1n) is 8.39. The summed E-state index contributed by atoms with van der Waals surface area (Å²) in [6.45, 7) is 7.23. The third kappa shape index (κ3) is 5.98. The lowest BCUT2D eigenvalue weighted by Gasteiger charge is -2.26. The molecule has 1 heterocycles. The first kappa shape index (κ1) is 19.7. The summed E-state index contributed by atoms with van der Waals surface area (Å²) in [4.78, 5) is 14.1. The zero-order chi connectivity index (χ0) is 18.7. The molecule has 0 spiro atoms. The lowest BCUT2D eigenvalue weighted by atomic mass is 10.1. The number of amides is 1. The summed E-state index contributed by atoms with van der Waals surface area (Å²) in [5.41, 5.74) is 2.47. The highest BCUT2D eigenvalue weighted by atomic mass is 32.2. The van der Waals surface area contributed by atoms with Crippen LogP contribution in [0, 0.1) is 0 Å². The summed E-state index contributed by atoms with van der Waals surface area (Å²) in [5, 5.41) is 8.20. The number of nitrogens with one attached hydrogen (secondary N) is 1. The van der Waals surface area contributed by atoms with E-state index in [0.29, 0.717) is 26.1 Å². The van der Waals surface area contributed by atoms with E-state index in [1.54, 1.807) is 4.90 Å². The molecule has 0 fully saturated rings. The number of ether oxygens (including phenoxy) is 1. The standard InChI is InChI=1S/C17H27N3O4S/c1-17(2,3)24-16(21)20-10-8-13-6-4-7-14(15(13)20)12-19-9-5-11-25(18,22)23/h4,6-7,19H,5,8-12H2,1-3H3,(H2,18,22,23). The molecule has 1 aliphatic heterocycles. The van der Waals surface area contributed by atoms with Gasteiger partial charge in [0.05, 0.1) is 11.4 Å². The smallest absolute Gasteiger partial charge is 0.414 e. The number of nitrogens with two attached hydrogens (primary N) is 1. The number of nitrogens with zero attached hydrogens (tertiary/aromatic N) is 1. The van der Waals surface area contributed by atoms with Crippen LogP contribution >= 0.6 is 0 Å². The lowest BCUT2D eigenvalue weighted by Crippen LogP contribution is -2.36. The largest absolute Gasteiger partial charge is 0.443 e. The van der Waals surface area contributed by atoms with Crippen LogP contribution in [0.1, 0.15) is 38.3 Å². The number of hydrogen-bond donors (Lipinski definition) is 2. The Morgan fingerprint density at radius 2 is 2.08 bits per heavy atom. The van der Waals surface area contributed by atoms with Crippen molar-refractivity contribution in [2.24, 2.45) is 5.14 Å². The van der Waals surface area contributed by atoms with Gasteiger partial charge in [-0.05, 0) is 51.3 Å². The molecule has 0 bridgehead atoms. The van der Waals surface area contributed by atoms with Crippen LogP contribution in [-0.4, -0.2) is 39.0 Å². The number of fused-ring (bicyclic) bond motifs is 1. The molecule has 0 aromatic heterocycles. The van der Waals surface area contributed by atoms with E-state index < -0.39 is 15.6 Å². The predicted octanol–water partition coefficient (Wildman–Crippen LogP) is 1.75. The highest BCUT2D eigenvalue weighted by Gasteiger charge is 2.30. The minimum Gasteiger partial charge on any atom is -0.443 e. The van der Waals surface area contributed by atoms with Gasteiger partial charge in [-0.1, -0.05) is 18.2 Å². The average molecular weight is 369 g/mol. The Bertz CT molecular complexity index is 726. The van der Waals surface area contributed by atoms with Crippen molar-refractivity contribution in [1.29, 1.82) is 0 Å². The van der Waals surface area contributed by atoms with Gasteiger partial charge in [0.15, 0.2) is 0 Å². The number of primary sulfonamides is 1. The number of carbonyl (C=O) groups excluding carboxylic acids is 1. The van der Waals surface area contributed by atoms with Crippen molar-refractivity contribution in [2.45, 2.75) is 45.8 Å².